The Morgan fingerprint density at radius 1 is 1.09 bits per heavy atom. The zero-order valence-corrected chi connectivity index (χ0v) is 19.0. The molecule has 1 aliphatic heterocycles. The molecule has 6 rings (SSSR count). The summed E-state index contributed by atoms with van der Waals surface area (Å²) in [7, 11) is 1.65. The molecule has 0 radical (unpaired) electrons. The zero-order chi connectivity index (χ0) is 23.8. The van der Waals surface area contributed by atoms with E-state index in [0.717, 1.165) is 41.0 Å². The van der Waals surface area contributed by atoms with Crippen molar-refractivity contribution in [2.24, 2.45) is 0 Å². The van der Waals surface area contributed by atoms with Crippen LogP contribution >= 0.6 is 0 Å². The van der Waals surface area contributed by atoms with Gasteiger partial charge in [0.15, 0.2) is 5.65 Å². The summed E-state index contributed by atoms with van der Waals surface area (Å²) in [6, 6.07) is 15.4. The van der Waals surface area contributed by atoms with Gasteiger partial charge in [0.25, 0.3) is 0 Å². The Kier molecular flexibility index (Phi) is 5.24. The molecule has 0 bridgehead atoms. The number of nitrogens with zero attached hydrogens (tertiary/aromatic N) is 7. The molecule has 10 nitrogen and oxygen atoms in total. The molecule has 4 heterocycles. The molecule has 0 atom stereocenters. The summed E-state index contributed by atoms with van der Waals surface area (Å²) in [4.78, 5) is 18.8. The van der Waals surface area contributed by atoms with Gasteiger partial charge in [0.1, 0.15) is 17.6 Å². The first-order valence-electron chi connectivity index (χ1n) is 11.3. The van der Waals surface area contributed by atoms with Crippen LogP contribution in [0.25, 0.3) is 28.1 Å². The van der Waals surface area contributed by atoms with E-state index in [4.69, 9.17) is 19.4 Å². The van der Waals surface area contributed by atoms with Gasteiger partial charge in [0, 0.05) is 31.0 Å². The van der Waals surface area contributed by atoms with Gasteiger partial charge in [0.05, 0.1) is 36.0 Å². The van der Waals surface area contributed by atoms with Crippen LogP contribution in [0.2, 0.25) is 0 Å². The molecule has 1 fully saturated rings. The molecule has 10 heteroatoms. The molecule has 5 aromatic rings. The average molecular weight is 467 g/mol. The topological polar surface area (TPSA) is 116 Å². The van der Waals surface area contributed by atoms with Crippen molar-refractivity contribution in [3.8, 4) is 17.8 Å². The highest BCUT2D eigenvalue weighted by Gasteiger charge is 2.24. The van der Waals surface area contributed by atoms with Crippen LogP contribution < -0.4 is 10.1 Å². The van der Waals surface area contributed by atoms with E-state index in [1.165, 1.54) is 0 Å². The molecule has 1 N–H and O–H groups in total. The van der Waals surface area contributed by atoms with Gasteiger partial charge in [-0.15, -0.1) is 0 Å². The maximum atomic E-state index is 9.33. The van der Waals surface area contributed by atoms with Crippen molar-refractivity contribution in [1.82, 2.24) is 29.1 Å². The number of imidazole rings is 2. The van der Waals surface area contributed by atoms with Crippen LogP contribution in [0, 0.1) is 11.3 Å². The van der Waals surface area contributed by atoms with Gasteiger partial charge in [-0.1, -0.05) is 6.07 Å². The van der Waals surface area contributed by atoms with Gasteiger partial charge in [0.2, 0.25) is 11.9 Å². The quantitative estimate of drug-likeness (QED) is 0.411. The Hall–Kier alpha value is -4.49. The van der Waals surface area contributed by atoms with E-state index in [9.17, 15) is 5.26 Å². The van der Waals surface area contributed by atoms with E-state index in [2.05, 4.69) is 25.9 Å². The lowest BCUT2D eigenvalue weighted by Crippen LogP contribution is -2.21. The number of aromatic nitrogens is 6. The van der Waals surface area contributed by atoms with Crippen LogP contribution in [0.3, 0.4) is 0 Å². The maximum Gasteiger partial charge on any atom is 0.237 e. The standard InChI is InChI=1S/C25H22N8O2/c1-34-19-4-2-3-17(12-19)29-25-30-21-14-27-24(31-23(21)33(25)18-7-9-35-10-8-18)32-15-28-20-6-5-16(13-26)11-22(20)32/h2-6,11-12,14-15,18H,7-10H2,1H3,(H,29,30). The first-order chi connectivity index (χ1) is 17.2. The molecule has 1 aliphatic rings. The summed E-state index contributed by atoms with van der Waals surface area (Å²) < 4.78 is 14.9. The molecular weight excluding hydrogens is 444 g/mol. The summed E-state index contributed by atoms with van der Waals surface area (Å²) in [6.45, 7) is 1.37. The zero-order valence-electron chi connectivity index (χ0n) is 19.0. The summed E-state index contributed by atoms with van der Waals surface area (Å²) >= 11 is 0. The highest BCUT2D eigenvalue weighted by atomic mass is 16.5. The first-order valence-corrected chi connectivity index (χ1v) is 11.3. The van der Waals surface area contributed by atoms with Crippen molar-refractivity contribution >= 4 is 33.8 Å². The molecule has 3 aromatic heterocycles. The van der Waals surface area contributed by atoms with E-state index < -0.39 is 0 Å². The molecule has 0 spiro atoms. The fourth-order valence-corrected chi connectivity index (χ4v) is 4.44. The SMILES string of the molecule is COc1cccc(Nc2nc3cnc(-n4cnc5ccc(C#N)cc54)nc3n2C2CCOCC2)c1. The minimum atomic E-state index is 0.175. The average Bonchev–Trinajstić information content (AvgIpc) is 3.49. The van der Waals surface area contributed by atoms with Crippen LogP contribution in [0.5, 0.6) is 5.75 Å². The Bertz CT molecular complexity index is 1580. The van der Waals surface area contributed by atoms with Crippen LogP contribution in [-0.2, 0) is 4.74 Å². The molecule has 1 saturated heterocycles. The van der Waals surface area contributed by atoms with Crippen LogP contribution in [0.1, 0.15) is 24.4 Å². The van der Waals surface area contributed by atoms with E-state index in [1.807, 2.05) is 30.3 Å². The number of nitriles is 1. The lowest BCUT2D eigenvalue weighted by molar-refractivity contribution is 0.0710. The fraction of sp³-hybridized carbons (Fsp3) is 0.240. The van der Waals surface area contributed by atoms with Gasteiger partial charge in [-0.2, -0.15) is 10.2 Å². The second kappa shape index (κ2) is 8.70. The summed E-state index contributed by atoms with van der Waals surface area (Å²) in [5.41, 5.74) is 4.38. The molecule has 0 aliphatic carbocycles. The summed E-state index contributed by atoms with van der Waals surface area (Å²) in [5, 5.41) is 12.8. The third-order valence-electron chi connectivity index (χ3n) is 6.19. The predicted molar refractivity (Wildman–Crippen MR) is 130 cm³/mol. The smallest absolute Gasteiger partial charge is 0.237 e. The molecule has 174 valence electrons. The second-order valence-electron chi connectivity index (χ2n) is 8.31. The number of ether oxygens (including phenoxy) is 2. The van der Waals surface area contributed by atoms with Gasteiger partial charge in [-0.05, 0) is 43.2 Å². The van der Waals surface area contributed by atoms with Crippen LogP contribution in [0.4, 0.5) is 11.6 Å². The fourth-order valence-electron chi connectivity index (χ4n) is 4.44. The molecule has 0 unspecified atom stereocenters. The van der Waals surface area contributed by atoms with Crippen molar-refractivity contribution in [3.05, 3.63) is 60.6 Å². The van der Waals surface area contributed by atoms with Gasteiger partial charge < -0.3 is 14.8 Å². The van der Waals surface area contributed by atoms with Gasteiger partial charge in [-0.25, -0.2) is 15.0 Å². The number of methoxy groups -OCH3 is 1. The highest BCUT2D eigenvalue weighted by molar-refractivity contribution is 5.80. The van der Waals surface area contributed by atoms with Crippen molar-refractivity contribution in [1.29, 1.82) is 5.26 Å². The van der Waals surface area contributed by atoms with Crippen molar-refractivity contribution in [3.63, 3.8) is 0 Å². The number of benzene rings is 2. The second-order valence-corrected chi connectivity index (χ2v) is 8.31. The molecule has 0 saturated carbocycles. The Morgan fingerprint density at radius 2 is 1.97 bits per heavy atom. The van der Waals surface area contributed by atoms with Crippen molar-refractivity contribution < 1.29 is 9.47 Å². The van der Waals surface area contributed by atoms with E-state index in [-0.39, 0.29) is 6.04 Å². The van der Waals surface area contributed by atoms with Crippen LogP contribution in [-0.4, -0.2) is 49.4 Å². The number of hydrogen-bond donors (Lipinski definition) is 1. The number of anilines is 2. The lowest BCUT2D eigenvalue weighted by atomic mass is 10.1. The minimum absolute atomic E-state index is 0.175. The first kappa shape index (κ1) is 21.1. The molecular formula is C25H22N8O2. The monoisotopic (exact) mass is 466 g/mol. The number of fused-ring (bicyclic) bond motifs is 2. The van der Waals surface area contributed by atoms with E-state index in [0.29, 0.717) is 36.2 Å². The molecule has 2 aromatic carbocycles. The highest BCUT2D eigenvalue weighted by Crippen LogP contribution is 2.32. The minimum Gasteiger partial charge on any atom is -0.497 e. The number of nitrogens with one attached hydrogen (secondary N) is 1. The third-order valence-corrected chi connectivity index (χ3v) is 6.19. The van der Waals surface area contributed by atoms with Crippen LogP contribution in [0.15, 0.2) is 55.0 Å². The largest absolute Gasteiger partial charge is 0.497 e. The van der Waals surface area contributed by atoms with Gasteiger partial charge >= 0.3 is 0 Å². The predicted octanol–water partition coefficient (Wildman–Crippen LogP) is 4.14. The molecule has 0 amide bonds. The lowest BCUT2D eigenvalue weighted by Gasteiger charge is -2.25. The van der Waals surface area contributed by atoms with E-state index in [1.54, 1.807) is 36.3 Å². The van der Waals surface area contributed by atoms with Crippen molar-refractivity contribution in [2.75, 3.05) is 25.6 Å². The number of hydrogen-bond acceptors (Lipinski definition) is 8. The third kappa shape index (κ3) is 3.82. The maximum absolute atomic E-state index is 9.33. The van der Waals surface area contributed by atoms with E-state index >= 15 is 0 Å². The van der Waals surface area contributed by atoms with Crippen molar-refractivity contribution in [2.45, 2.75) is 18.9 Å². The number of rotatable bonds is 5. The Labute approximate surface area is 200 Å². The normalized spacial score (nSPS) is 14.3. The Morgan fingerprint density at radius 3 is 2.80 bits per heavy atom. The Balaban J connectivity index is 1.49. The summed E-state index contributed by atoms with van der Waals surface area (Å²) in [6.07, 6.45) is 5.12. The summed E-state index contributed by atoms with van der Waals surface area (Å²) in [5.74, 6) is 1.92. The molecule has 35 heavy (non-hydrogen) atoms. The van der Waals surface area contributed by atoms with Gasteiger partial charge in [-0.3, -0.25) is 9.13 Å².